The smallest absolute Gasteiger partial charge is 0.224 e. The van der Waals surface area contributed by atoms with E-state index < -0.39 is 0 Å². The Bertz CT molecular complexity index is 448. The molecule has 1 aliphatic rings. The maximum absolute atomic E-state index is 12.1. The van der Waals surface area contributed by atoms with E-state index in [4.69, 9.17) is 5.73 Å². The number of nitrogens with one attached hydrogen (secondary N) is 1. The van der Waals surface area contributed by atoms with Crippen molar-refractivity contribution >= 4 is 11.6 Å². The maximum Gasteiger partial charge on any atom is 0.224 e. The summed E-state index contributed by atoms with van der Waals surface area (Å²) in [4.78, 5) is 14.6. The van der Waals surface area contributed by atoms with E-state index in [9.17, 15) is 4.79 Å². The minimum absolute atomic E-state index is 0.113. The van der Waals surface area contributed by atoms with Gasteiger partial charge in [-0.1, -0.05) is 26.0 Å². The summed E-state index contributed by atoms with van der Waals surface area (Å²) in [5, 5.41) is 3.16. The molecular formula is C17H27N3O. The highest BCUT2D eigenvalue weighted by Gasteiger charge is 2.20. The van der Waals surface area contributed by atoms with Gasteiger partial charge in [0.05, 0.1) is 6.42 Å². The lowest BCUT2D eigenvalue weighted by molar-refractivity contribution is -0.121. The van der Waals surface area contributed by atoms with E-state index in [-0.39, 0.29) is 5.91 Å². The topological polar surface area (TPSA) is 58.4 Å². The minimum atomic E-state index is 0.113. The fraction of sp³-hybridized carbons (Fsp3) is 0.588. The van der Waals surface area contributed by atoms with Crippen molar-refractivity contribution in [2.24, 2.45) is 5.92 Å². The number of hydrogen-bond donors (Lipinski definition) is 2. The van der Waals surface area contributed by atoms with E-state index >= 15 is 0 Å². The molecule has 1 aromatic rings. The highest BCUT2D eigenvalue weighted by Crippen LogP contribution is 2.13. The number of carbonyl (C=O) groups excluding carboxylic acids is 1. The number of hydrogen-bond acceptors (Lipinski definition) is 3. The fourth-order valence-corrected chi connectivity index (χ4v) is 2.88. The number of likely N-dealkylation sites (tertiary alicyclic amines) is 1. The predicted octanol–water partition coefficient (Wildman–Crippen LogP) is 2.05. The monoisotopic (exact) mass is 289 g/mol. The van der Waals surface area contributed by atoms with Crippen molar-refractivity contribution in [1.29, 1.82) is 0 Å². The Morgan fingerprint density at radius 1 is 1.29 bits per heavy atom. The van der Waals surface area contributed by atoms with Crippen LogP contribution in [-0.4, -0.2) is 36.5 Å². The molecule has 3 N–H and O–H groups in total. The van der Waals surface area contributed by atoms with Crippen LogP contribution in [0.4, 0.5) is 5.69 Å². The Kier molecular flexibility index (Phi) is 5.62. The molecule has 0 spiro atoms. The van der Waals surface area contributed by atoms with Crippen LogP contribution in [0.5, 0.6) is 0 Å². The van der Waals surface area contributed by atoms with Gasteiger partial charge in [-0.25, -0.2) is 0 Å². The summed E-state index contributed by atoms with van der Waals surface area (Å²) in [6, 6.07) is 7.84. The molecule has 4 heteroatoms. The van der Waals surface area contributed by atoms with Gasteiger partial charge in [-0.3, -0.25) is 4.79 Å². The molecule has 0 atom stereocenters. The van der Waals surface area contributed by atoms with Crippen LogP contribution < -0.4 is 11.1 Å². The molecule has 1 heterocycles. The third kappa shape index (κ3) is 5.38. The minimum Gasteiger partial charge on any atom is -0.399 e. The second-order valence-corrected chi connectivity index (χ2v) is 6.45. The second kappa shape index (κ2) is 7.46. The Morgan fingerprint density at radius 2 is 1.90 bits per heavy atom. The lowest BCUT2D eigenvalue weighted by Crippen LogP contribution is -2.45. The predicted molar refractivity (Wildman–Crippen MR) is 87.0 cm³/mol. The summed E-state index contributed by atoms with van der Waals surface area (Å²) >= 11 is 0. The first-order chi connectivity index (χ1) is 10.0. The van der Waals surface area contributed by atoms with Gasteiger partial charge in [-0.2, -0.15) is 0 Å². The van der Waals surface area contributed by atoms with Gasteiger partial charge >= 0.3 is 0 Å². The van der Waals surface area contributed by atoms with Crippen LogP contribution in [0.2, 0.25) is 0 Å². The molecule has 0 aromatic heterocycles. The standard InChI is InChI=1S/C17H27N3O/c1-13(2)12-20-9-7-16(8-10-20)19-17(21)11-14-3-5-15(18)6-4-14/h3-6,13,16H,7-12,18H2,1-2H3,(H,19,21). The lowest BCUT2D eigenvalue weighted by Gasteiger charge is -2.33. The fourth-order valence-electron chi connectivity index (χ4n) is 2.88. The van der Waals surface area contributed by atoms with Crippen molar-refractivity contribution in [3.8, 4) is 0 Å². The van der Waals surface area contributed by atoms with E-state index in [0.717, 1.165) is 43.7 Å². The van der Waals surface area contributed by atoms with E-state index in [2.05, 4.69) is 24.1 Å². The normalized spacial score (nSPS) is 17.1. The van der Waals surface area contributed by atoms with Gasteiger partial charge in [0, 0.05) is 31.4 Å². The molecule has 0 bridgehead atoms. The maximum atomic E-state index is 12.1. The van der Waals surface area contributed by atoms with E-state index in [1.807, 2.05) is 24.3 Å². The molecule has 0 radical (unpaired) electrons. The van der Waals surface area contributed by atoms with E-state index in [1.165, 1.54) is 0 Å². The third-order valence-electron chi connectivity index (χ3n) is 3.92. The number of anilines is 1. The molecular weight excluding hydrogens is 262 g/mol. The summed E-state index contributed by atoms with van der Waals surface area (Å²) in [5.74, 6) is 0.823. The van der Waals surface area contributed by atoms with Crippen molar-refractivity contribution in [3.05, 3.63) is 29.8 Å². The second-order valence-electron chi connectivity index (χ2n) is 6.45. The average molecular weight is 289 g/mol. The van der Waals surface area contributed by atoms with Crippen LogP contribution in [0.25, 0.3) is 0 Å². The molecule has 1 aliphatic heterocycles. The van der Waals surface area contributed by atoms with Gasteiger partial charge in [0.15, 0.2) is 0 Å². The number of amides is 1. The highest BCUT2D eigenvalue weighted by molar-refractivity contribution is 5.79. The summed E-state index contributed by atoms with van der Waals surface area (Å²) in [6.07, 6.45) is 2.55. The van der Waals surface area contributed by atoms with Crippen molar-refractivity contribution < 1.29 is 4.79 Å². The van der Waals surface area contributed by atoms with Crippen molar-refractivity contribution in [2.45, 2.75) is 39.2 Å². The summed E-state index contributed by atoms with van der Waals surface area (Å²) in [5.41, 5.74) is 7.39. The third-order valence-corrected chi connectivity index (χ3v) is 3.92. The molecule has 1 fully saturated rings. The van der Waals surface area contributed by atoms with Gasteiger partial charge in [0.1, 0.15) is 0 Å². The largest absolute Gasteiger partial charge is 0.399 e. The molecule has 4 nitrogen and oxygen atoms in total. The first-order valence-corrected chi connectivity index (χ1v) is 7.89. The van der Waals surface area contributed by atoms with Crippen LogP contribution in [0.1, 0.15) is 32.3 Å². The molecule has 0 unspecified atom stereocenters. The van der Waals surface area contributed by atoms with E-state index in [0.29, 0.717) is 18.4 Å². The Hall–Kier alpha value is -1.55. The number of nitrogen functional groups attached to an aromatic ring is 1. The summed E-state index contributed by atoms with van der Waals surface area (Å²) < 4.78 is 0. The van der Waals surface area contributed by atoms with Crippen LogP contribution in [0, 0.1) is 5.92 Å². The molecule has 2 rings (SSSR count). The summed E-state index contributed by atoms with van der Waals surface area (Å²) in [6.45, 7) is 7.84. The molecule has 0 aliphatic carbocycles. The molecule has 21 heavy (non-hydrogen) atoms. The Balaban J connectivity index is 1.73. The van der Waals surface area contributed by atoms with Crippen LogP contribution in [0.3, 0.4) is 0 Å². The van der Waals surface area contributed by atoms with Crippen molar-refractivity contribution in [1.82, 2.24) is 10.2 Å². The first kappa shape index (κ1) is 15.8. The molecule has 0 saturated carbocycles. The van der Waals surface area contributed by atoms with Crippen LogP contribution >= 0.6 is 0 Å². The van der Waals surface area contributed by atoms with Gasteiger partial charge < -0.3 is 16.0 Å². The van der Waals surface area contributed by atoms with Gasteiger partial charge in [-0.15, -0.1) is 0 Å². The molecule has 1 aromatic carbocycles. The SMILES string of the molecule is CC(C)CN1CCC(NC(=O)Cc2ccc(N)cc2)CC1. The zero-order valence-corrected chi connectivity index (χ0v) is 13.1. The average Bonchev–Trinajstić information content (AvgIpc) is 2.43. The number of rotatable bonds is 5. The van der Waals surface area contributed by atoms with Gasteiger partial charge in [0.25, 0.3) is 0 Å². The van der Waals surface area contributed by atoms with Crippen LogP contribution in [-0.2, 0) is 11.2 Å². The Morgan fingerprint density at radius 3 is 2.48 bits per heavy atom. The number of piperidine rings is 1. The van der Waals surface area contributed by atoms with Gasteiger partial charge in [-0.05, 0) is 36.5 Å². The Labute approximate surface area is 127 Å². The quantitative estimate of drug-likeness (QED) is 0.816. The molecule has 1 amide bonds. The number of nitrogens with zero attached hydrogens (tertiary/aromatic N) is 1. The molecule has 116 valence electrons. The van der Waals surface area contributed by atoms with Crippen molar-refractivity contribution in [2.75, 3.05) is 25.4 Å². The van der Waals surface area contributed by atoms with Crippen LogP contribution in [0.15, 0.2) is 24.3 Å². The first-order valence-electron chi connectivity index (χ1n) is 7.89. The number of carbonyl (C=O) groups is 1. The van der Waals surface area contributed by atoms with Crippen molar-refractivity contribution in [3.63, 3.8) is 0 Å². The van der Waals surface area contributed by atoms with E-state index in [1.54, 1.807) is 0 Å². The highest BCUT2D eigenvalue weighted by atomic mass is 16.1. The number of nitrogens with two attached hydrogens (primary N) is 1. The molecule has 1 saturated heterocycles. The number of benzene rings is 1. The lowest BCUT2D eigenvalue weighted by atomic mass is 10.0. The zero-order chi connectivity index (χ0) is 15.2. The van der Waals surface area contributed by atoms with Gasteiger partial charge in [0.2, 0.25) is 5.91 Å². The summed E-state index contributed by atoms with van der Waals surface area (Å²) in [7, 11) is 0. The zero-order valence-electron chi connectivity index (χ0n) is 13.1.